The van der Waals surface area contributed by atoms with Gasteiger partial charge in [0, 0.05) is 18.9 Å². The Morgan fingerprint density at radius 2 is 1.75 bits per heavy atom. The van der Waals surface area contributed by atoms with Gasteiger partial charge in [0.05, 0.1) is 5.56 Å². The van der Waals surface area contributed by atoms with E-state index >= 15 is 0 Å². The number of alkyl halides is 3. The molecule has 0 spiro atoms. The highest BCUT2D eigenvalue weighted by molar-refractivity contribution is 5.49. The molecule has 0 bridgehead atoms. The Kier molecular flexibility index (Phi) is 4.04. The van der Waals surface area contributed by atoms with Crippen LogP contribution in [0.4, 0.5) is 24.8 Å². The van der Waals surface area contributed by atoms with Gasteiger partial charge in [-0.1, -0.05) is 0 Å². The molecule has 0 amide bonds. The van der Waals surface area contributed by atoms with E-state index in [2.05, 4.69) is 20.7 Å². The molecular formula is C12H12F3N5. The predicted octanol–water partition coefficient (Wildman–Crippen LogP) is 2.39. The summed E-state index contributed by atoms with van der Waals surface area (Å²) in [6, 6.07) is 5.28. The first-order chi connectivity index (χ1) is 9.49. The van der Waals surface area contributed by atoms with Crippen LogP contribution in [0.25, 0.3) is 0 Å². The molecule has 0 radical (unpaired) electrons. The normalized spacial score (nSPS) is 11.2. The van der Waals surface area contributed by atoms with Crippen LogP contribution >= 0.6 is 0 Å². The van der Waals surface area contributed by atoms with Gasteiger partial charge in [0.2, 0.25) is 0 Å². The quantitative estimate of drug-likeness (QED) is 0.593. The zero-order valence-corrected chi connectivity index (χ0v) is 10.3. The predicted molar refractivity (Wildman–Crippen MR) is 68.6 cm³/mol. The lowest BCUT2D eigenvalue weighted by atomic mass is 10.2. The zero-order chi connectivity index (χ0) is 14.6. The Balaban J connectivity index is 2.19. The molecule has 2 heterocycles. The topological polar surface area (TPSA) is 75.9 Å². The summed E-state index contributed by atoms with van der Waals surface area (Å²) in [4.78, 5) is 7.77. The minimum Gasteiger partial charge on any atom is -0.366 e. The molecular weight excluding hydrogens is 271 g/mol. The summed E-state index contributed by atoms with van der Waals surface area (Å²) >= 11 is 0. The van der Waals surface area contributed by atoms with Crippen molar-refractivity contribution in [1.82, 2.24) is 9.97 Å². The molecule has 2 aromatic heterocycles. The van der Waals surface area contributed by atoms with E-state index in [9.17, 15) is 13.2 Å². The maximum Gasteiger partial charge on any atom is 0.416 e. The van der Waals surface area contributed by atoms with Gasteiger partial charge < -0.3 is 10.7 Å². The lowest BCUT2D eigenvalue weighted by molar-refractivity contribution is -0.137. The fourth-order valence-electron chi connectivity index (χ4n) is 1.55. The summed E-state index contributed by atoms with van der Waals surface area (Å²) in [6.07, 6.45) is -1.26. The fourth-order valence-corrected chi connectivity index (χ4v) is 1.55. The van der Waals surface area contributed by atoms with Crippen LogP contribution in [0.2, 0.25) is 0 Å². The number of nitrogens with one attached hydrogen (secondary N) is 2. The van der Waals surface area contributed by atoms with Crippen LogP contribution in [0.1, 0.15) is 11.1 Å². The van der Waals surface area contributed by atoms with Gasteiger partial charge in [0.15, 0.2) is 0 Å². The van der Waals surface area contributed by atoms with E-state index in [4.69, 9.17) is 5.84 Å². The molecule has 0 saturated heterocycles. The number of aromatic nitrogens is 2. The number of pyridine rings is 2. The summed E-state index contributed by atoms with van der Waals surface area (Å²) in [7, 11) is 0. The molecule has 0 aliphatic rings. The molecule has 0 aliphatic heterocycles. The van der Waals surface area contributed by atoms with Crippen LogP contribution in [-0.4, -0.2) is 9.97 Å². The molecule has 0 fully saturated rings. The van der Waals surface area contributed by atoms with Crippen molar-refractivity contribution in [3.8, 4) is 0 Å². The summed E-state index contributed by atoms with van der Waals surface area (Å²) in [5.74, 6) is 5.15. The SMILES string of the molecule is NNc1cc(C(F)(F)F)cc(NCc2ccncc2)n1. The Morgan fingerprint density at radius 3 is 2.35 bits per heavy atom. The van der Waals surface area contributed by atoms with Gasteiger partial charge in [-0.25, -0.2) is 10.8 Å². The first-order valence-corrected chi connectivity index (χ1v) is 5.68. The minimum absolute atomic E-state index is 0.0583. The van der Waals surface area contributed by atoms with Crippen molar-refractivity contribution in [1.29, 1.82) is 0 Å². The molecule has 0 unspecified atom stereocenters. The molecule has 0 aliphatic carbocycles. The number of nitrogens with two attached hydrogens (primary N) is 1. The van der Waals surface area contributed by atoms with Crippen molar-refractivity contribution in [2.45, 2.75) is 12.7 Å². The number of hydrogen-bond acceptors (Lipinski definition) is 5. The van der Waals surface area contributed by atoms with E-state index in [1.54, 1.807) is 24.5 Å². The highest BCUT2D eigenvalue weighted by Gasteiger charge is 2.31. The van der Waals surface area contributed by atoms with Crippen molar-refractivity contribution >= 4 is 11.6 Å². The highest BCUT2D eigenvalue weighted by Crippen LogP contribution is 2.31. The van der Waals surface area contributed by atoms with Gasteiger partial charge in [0.25, 0.3) is 0 Å². The molecule has 0 aromatic carbocycles. The van der Waals surface area contributed by atoms with Crippen LogP contribution in [0.3, 0.4) is 0 Å². The fraction of sp³-hybridized carbons (Fsp3) is 0.167. The number of anilines is 2. The summed E-state index contributed by atoms with van der Waals surface area (Å²) in [5, 5.41) is 2.81. The molecule has 4 N–H and O–H groups in total. The smallest absolute Gasteiger partial charge is 0.366 e. The number of halogens is 3. The van der Waals surface area contributed by atoms with Gasteiger partial charge >= 0.3 is 6.18 Å². The Morgan fingerprint density at radius 1 is 1.10 bits per heavy atom. The zero-order valence-electron chi connectivity index (χ0n) is 10.3. The van der Waals surface area contributed by atoms with E-state index in [0.29, 0.717) is 6.54 Å². The van der Waals surface area contributed by atoms with E-state index in [1.165, 1.54) is 0 Å². The van der Waals surface area contributed by atoms with Crippen LogP contribution < -0.4 is 16.6 Å². The van der Waals surface area contributed by atoms with Crippen molar-refractivity contribution < 1.29 is 13.2 Å². The van der Waals surface area contributed by atoms with E-state index < -0.39 is 11.7 Å². The summed E-state index contributed by atoms with van der Waals surface area (Å²) < 4.78 is 38.1. The average molecular weight is 283 g/mol. The average Bonchev–Trinajstić information content (AvgIpc) is 2.45. The highest BCUT2D eigenvalue weighted by atomic mass is 19.4. The van der Waals surface area contributed by atoms with Crippen LogP contribution in [-0.2, 0) is 12.7 Å². The van der Waals surface area contributed by atoms with E-state index in [1.807, 2.05) is 0 Å². The lowest BCUT2D eigenvalue weighted by Gasteiger charge is -2.12. The molecule has 20 heavy (non-hydrogen) atoms. The monoisotopic (exact) mass is 283 g/mol. The van der Waals surface area contributed by atoms with Gasteiger partial charge in [0.1, 0.15) is 11.6 Å². The number of nitrogens with zero attached hydrogens (tertiary/aromatic N) is 2. The van der Waals surface area contributed by atoms with Crippen molar-refractivity contribution in [3.63, 3.8) is 0 Å². The third kappa shape index (κ3) is 3.58. The van der Waals surface area contributed by atoms with Gasteiger partial charge in [-0.05, 0) is 29.8 Å². The largest absolute Gasteiger partial charge is 0.416 e. The second-order valence-electron chi connectivity index (χ2n) is 3.98. The minimum atomic E-state index is -4.46. The third-order valence-electron chi connectivity index (χ3n) is 2.52. The Labute approximate surface area is 113 Å². The maximum atomic E-state index is 12.7. The van der Waals surface area contributed by atoms with Crippen molar-refractivity contribution in [2.24, 2.45) is 5.84 Å². The van der Waals surface area contributed by atoms with Gasteiger partial charge in [-0.2, -0.15) is 13.2 Å². The van der Waals surface area contributed by atoms with E-state index in [-0.39, 0.29) is 11.6 Å². The van der Waals surface area contributed by atoms with Gasteiger partial charge in [-0.15, -0.1) is 0 Å². The molecule has 8 heteroatoms. The van der Waals surface area contributed by atoms with Crippen LogP contribution in [0.15, 0.2) is 36.7 Å². The van der Waals surface area contributed by atoms with E-state index in [0.717, 1.165) is 17.7 Å². The molecule has 2 aromatic rings. The van der Waals surface area contributed by atoms with Crippen LogP contribution in [0.5, 0.6) is 0 Å². The Hall–Kier alpha value is -2.35. The maximum absolute atomic E-state index is 12.7. The molecule has 5 nitrogen and oxygen atoms in total. The second-order valence-corrected chi connectivity index (χ2v) is 3.98. The third-order valence-corrected chi connectivity index (χ3v) is 2.52. The van der Waals surface area contributed by atoms with Crippen molar-refractivity contribution in [2.75, 3.05) is 10.7 Å². The first-order valence-electron chi connectivity index (χ1n) is 5.68. The van der Waals surface area contributed by atoms with Gasteiger partial charge in [-0.3, -0.25) is 4.98 Å². The molecule has 0 saturated carbocycles. The summed E-state index contributed by atoms with van der Waals surface area (Å²) in [6.45, 7) is 0.334. The number of nitrogen functional groups attached to an aromatic ring is 1. The van der Waals surface area contributed by atoms with Crippen LogP contribution in [0, 0.1) is 0 Å². The molecule has 2 rings (SSSR count). The number of rotatable bonds is 4. The number of hydrazine groups is 1. The standard InChI is InChI=1S/C12H12F3N5/c13-12(14,15)9-5-10(19-11(6-9)20-16)18-7-8-1-3-17-4-2-8/h1-6H,7,16H2,(H2,18,19,20). The summed E-state index contributed by atoms with van der Waals surface area (Å²) in [5.41, 5.74) is 2.17. The first kappa shape index (κ1) is 14.1. The Bertz CT molecular complexity index is 571. The lowest BCUT2D eigenvalue weighted by Crippen LogP contribution is -2.13. The number of hydrogen-bond donors (Lipinski definition) is 3. The molecule has 106 valence electrons. The second kappa shape index (κ2) is 5.74. The van der Waals surface area contributed by atoms with Crippen molar-refractivity contribution in [3.05, 3.63) is 47.8 Å². The molecule has 0 atom stereocenters.